The second kappa shape index (κ2) is 9.15. The number of piperidine rings is 1. The highest BCUT2D eigenvalue weighted by Crippen LogP contribution is 2.25. The van der Waals surface area contributed by atoms with Crippen molar-refractivity contribution < 1.29 is 18.0 Å². The van der Waals surface area contributed by atoms with Gasteiger partial charge in [0.05, 0.1) is 6.04 Å². The molecule has 0 radical (unpaired) electrons. The number of alkyl halides is 3. The lowest BCUT2D eigenvalue weighted by molar-refractivity contribution is -0.183. The molecule has 1 amide bonds. The molecule has 2 saturated heterocycles. The lowest BCUT2D eigenvalue weighted by Crippen LogP contribution is -2.58. The van der Waals surface area contributed by atoms with Crippen LogP contribution in [0.2, 0.25) is 0 Å². The van der Waals surface area contributed by atoms with Crippen LogP contribution >= 0.6 is 24.8 Å². The summed E-state index contributed by atoms with van der Waals surface area (Å²) in [4.78, 5) is 15.3. The predicted octanol–water partition coefficient (Wildman–Crippen LogP) is 2.07. The van der Waals surface area contributed by atoms with Gasteiger partial charge in [0.2, 0.25) is 5.91 Å². The standard InChI is InChI=1S/C13H22F3N3O.2ClH/c1-10(13(14,15)16)18-6-8-19(9-7-18)12(20)11-4-2-3-5-17-11;;/h10-11,17H,2-9H2,1H3;2*1H/t10?,11-;;/m1../s1. The van der Waals surface area contributed by atoms with Gasteiger partial charge in [-0.2, -0.15) is 13.2 Å². The Balaban J connectivity index is 0.00000220. The Bertz CT molecular complexity index is 344. The minimum atomic E-state index is -4.20. The first-order valence-corrected chi connectivity index (χ1v) is 7.22. The zero-order valence-corrected chi connectivity index (χ0v) is 14.2. The van der Waals surface area contributed by atoms with E-state index in [4.69, 9.17) is 0 Å². The summed E-state index contributed by atoms with van der Waals surface area (Å²) >= 11 is 0. The first-order valence-electron chi connectivity index (χ1n) is 7.22. The number of nitrogens with zero attached hydrogens (tertiary/aromatic N) is 2. The lowest BCUT2D eigenvalue weighted by atomic mass is 10.0. The van der Waals surface area contributed by atoms with Gasteiger partial charge in [-0.3, -0.25) is 9.69 Å². The largest absolute Gasteiger partial charge is 0.403 e. The molecular weight excluding hydrogens is 342 g/mol. The van der Waals surface area contributed by atoms with Crippen molar-refractivity contribution in [3.05, 3.63) is 0 Å². The van der Waals surface area contributed by atoms with Crippen molar-refractivity contribution in [1.29, 1.82) is 0 Å². The molecule has 0 aliphatic carbocycles. The average molecular weight is 366 g/mol. The summed E-state index contributed by atoms with van der Waals surface area (Å²) in [6.07, 6.45) is -1.25. The topological polar surface area (TPSA) is 35.6 Å². The highest BCUT2D eigenvalue weighted by molar-refractivity contribution is 5.85. The molecule has 0 saturated carbocycles. The minimum Gasteiger partial charge on any atom is -0.339 e. The van der Waals surface area contributed by atoms with Crippen LogP contribution in [0, 0.1) is 0 Å². The molecule has 0 aromatic rings. The van der Waals surface area contributed by atoms with E-state index in [1.54, 1.807) is 4.90 Å². The van der Waals surface area contributed by atoms with Crippen LogP contribution in [0.1, 0.15) is 26.2 Å². The number of halogens is 5. The van der Waals surface area contributed by atoms with Crippen LogP contribution in [0.15, 0.2) is 0 Å². The van der Waals surface area contributed by atoms with Crippen LogP contribution in [0.3, 0.4) is 0 Å². The molecule has 1 unspecified atom stereocenters. The van der Waals surface area contributed by atoms with Crippen LogP contribution in [-0.2, 0) is 4.79 Å². The van der Waals surface area contributed by atoms with E-state index in [-0.39, 0.29) is 36.8 Å². The fourth-order valence-electron chi connectivity index (χ4n) is 2.82. The number of nitrogens with one attached hydrogen (secondary N) is 1. The van der Waals surface area contributed by atoms with Crippen molar-refractivity contribution in [3.63, 3.8) is 0 Å². The van der Waals surface area contributed by atoms with Crippen molar-refractivity contribution in [2.75, 3.05) is 32.7 Å². The number of hydrogen-bond acceptors (Lipinski definition) is 3. The monoisotopic (exact) mass is 365 g/mol. The molecule has 4 nitrogen and oxygen atoms in total. The van der Waals surface area contributed by atoms with Gasteiger partial charge in [-0.15, -0.1) is 24.8 Å². The van der Waals surface area contributed by atoms with Crippen LogP contribution in [0.5, 0.6) is 0 Å². The molecule has 22 heavy (non-hydrogen) atoms. The first-order chi connectivity index (χ1) is 9.39. The summed E-state index contributed by atoms with van der Waals surface area (Å²) in [7, 11) is 0. The molecule has 132 valence electrons. The van der Waals surface area contributed by atoms with E-state index in [1.165, 1.54) is 11.8 Å². The molecule has 2 atom stereocenters. The van der Waals surface area contributed by atoms with E-state index in [2.05, 4.69) is 5.32 Å². The smallest absolute Gasteiger partial charge is 0.339 e. The molecule has 1 N–H and O–H groups in total. The van der Waals surface area contributed by atoms with Gasteiger partial charge in [-0.05, 0) is 26.3 Å². The highest BCUT2D eigenvalue weighted by Gasteiger charge is 2.41. The summed E-state index contributed by atoms with van der Waals surface area (Å²) in [5.41, 5.74) is 0. The van der Waals surface area contributed by atoms with E-state index in [0.29, 0.717) is 26.2 Å². The average Bonchev–Trinajstić information content (AvgIpc) is 2.46. The summed E-state index contributed by atoms with van der Waals surface area (Å²) < 4.78 is 37.9. The van der Waals surface area contributed by atoms with Crippen molar-refractivity contribution in [1.82, 2.24) is 15.1 Å². The third-order valence-electron chi connectivity index (χ3n) is 4.26. The molecule has 0 aromatic carbocycles. The first kappa shape index (κ1) is 21.8. The Morgan fingerprint density at radius 3 is 2.18 bits per heavy atom. The zero-order valence-electron chi connectivity index (χ0n) is 12.6. The van der Waals surface area contributed by atoms with Gasteiger partial charge in [0.15, 0.2) is 0 Å². The summed E-state index contributed by atoms with van der Waals surface area (Å²) in [5, 5.41) is 3.19. The van der Waals surface area contributed by atoms with Gasteiger partial charge < -0.3 is 10.2 Å². The van der Waals surface area contributed by atoms with Crippen LogP contribution in [-0.4, -0.2) is 66.7 Å². The maximum Gasteiger partial charge on any atom is 0.403 e. The number of piperazine rings is 1. The van der Waals surface area contributed by atoms with Gasteiger partial charge in [0.1, 0.15) is 6.04 Å². The molecule has 2 aliphatic rings. The number of amides is 1. The van der Waals surface area contributed by atoms with Crippen molar-refractivity contribution in [2.45, 2.75) is 44.4 Å². The summed E-state index contributed by atoms with van der Waals surface area (Å²) in [5.74, 6) is 0.0454. The Morgan fingerprint density at radius 2 is 1.73 bits per heavy atom. The molecule has 0 bridgehead atoms. The van der Waals surface area contributed by atoms with Gasteiger partial charge in [0, 0.05) is 26.2 Å². The Hall–Kier alpha value is -0.240. The van der Waals surface area contributed by atoms with Crippen molar-refractivity contribution >= 4 is 30.7 Å². The van der Waals surface area contributed by atoms with E-state index >= 15 is 0 Å². The van der Waals surface area contributed by atoms with Crippen molar-refractivity contribution in [2.24, 2.45) is 0 Å². The fourth-order valence-corrected chi connectivity index (χ4v) is 2.82. The second-order valence-electron chi connectivity index (χ2n) is 5.58. The number of carbonyl (C=O) groups is 1. The highest BCUT2D eigenvalue weighted by atomic mass is 35.5. The number of hydrogen-bond donors (Lipinski definition) is 1. The fraction of sp³-hybridized carbons (Fsp3) is 0.923. The number of carbonyl (C=O) groups excluding carboxylic acids is 1. The second-order valence-corrected chi connectivity index (χ2v) is 5.58. The molecule has 9 heteroatoms. The summed E-state index contributed by atoms with van der Waals surface area (Å²) in [6, 6.07) is -1.58. The van der Waals surface area contributed by atoms with Crippen molar-refractivity contribution in [3.8, 4) is 0 Å². The van der Waals surface area contributed by atoms with Crippen LogP contribution in [0.25, 0.3) is 0 Å². The van der Waals surface area contributed by atoms with Crippen LogP contribution in [0.4, 0.5) is 13.2 Å². The zero-order chi connectivity index (χ0) is 14.8. The maximum atomic E-state index is 12.6. The summed E-state index contributed by atoms with van der Waals surface area (Å²) in [6.45, 7) is 3.38. The Morgan fingerprint density at radius 1 is 1.14 bits per heavy atom. The number of rotatable bonds is 2. The quantitative estimate of drug-likeness (QED) is 0.813. The van der Waals surface area contributed by atoms with Gasteiger partial charge in [-0.25, -0.2) is 0 Å². The predicted molar refractivity (Wildman–Crippen MR) is 83.8 cm³/mol. The third kappa shape index (κ3) is 5.44. The van der Waals surface area contributed by atoms with E-state index in [1.807, 2.05) is 0 Å². The minimum absolute atomic E-state index is 0. The molecule has 0 aromatic heterocycles. The molecular formula is C13H24Cl2F3N3O. The van der Waals surface area contributed by atoms with E-state index in [0.717, 1.165) is 25.8 Å². The maximum absolute atomic E-state index is 12.6. The normalized spacial score (nSPS) is 24.9. The van der Waals surface area contributed by atoms with E-state index < -0.39 is 12.2 Å². The molecule has 2 aliphatic heterocycles. The lowest BCUT2D eigenvalue weighted by Gasteiger charge is -2.40. The molecule has 0 spiro atoms. The molecule has 2 heterocycles. The van der Waals surface area contributed by atoms with Crippen LogP contribution < -0.4 is 5.32 Å². The van der Waals surface area contributed by atoms with E-state index in [9.17, 15) is 18.0 Å². The Labute approximate surface area is 141 Å². The SMILES string of the molecule is CC(N1CCN(C(=O)[C@H]2CCCCN2)CC1)C(F)(F)F.Cl.Cl. The van der Waals surface area contributed by atoms with Gasteiger partial charge in [-0.1, -0.05) is 6.42 Å². The Kier molecular flexibility index (Phi) is 9.05. The van der Waals surface area contributed by atoms with Gasteiger partial charge >= 0.3 is 6.18 Å². The molecule has 2 fully saturated rings. The third-order valence-corrected chi connectivity index (χ3v) is 4.26. The van der Waals surface area contributed by atoms with Gasteiger partial charge in [0.25, 0.3) is 0 Å². The molecule has 2 rings (SSSR count).